The molecular weight excluding hydrogens is 254 g/mol. The summed E-state index contributed by atoms with van der Waals surface area (Å²) in [6.45, 7) is 4.86. The minimum atomic E-state index is -0.0103. The monoisotopic (exact) mass is 271 g/mol. The lowest BCUT2D eigenvalue weighted by Crippen LogP contribution is -2.38. The molecule has 0 atom stereocenters. The van der Waals surface area contributed by atoms with Crippen LogP contribution in [0.15, 0.2) is 24.3 Å². The maximum absolute atomic E-state index is 12.8. The average Bonchev–Trinajstić information content (AvgIpc) is 2.71. The number of carbonyl (C=O) groups is 1. The lowest BCUT2D eigenvalue weighted by Gasteiger charge is -2.29. The van der Waals surface area contributed by atoms with Crippen LogP contribution < -0.4 is 9.64 Å². The van der Waals surface area contributed by atoms with Crippen LogP contribution in [0, 0.1) is 13.8 Å². The van der Waals surface area contributed by atoms with Crippen LogP contribution >= 0.6 is 0 Å². The third-order valence-corrected chi connectivity index (χ3v) is 3.70. The van der Waals surface area contributed by atoms with Crippen molar-refractivity contribution in [3.05, 3.63) is 41.2 Å². The summed E-state index contributed by atoms with van der Waals surface area (Å²) in [5, 5.41) is 4.32. The van der Waals surface area contributed by atoms with Gasteiger partial charge in [-0.25, -0.2) is 0 Å². The van der Waals surface area contributed by atoms with Crippen LogP contribution in [-0.2, 0) is 7.05 Å². The summed E-state index contributed by atoms with van der Waals surface area (Å²) >= 11 is 0. The summed E-state index contributed by atoms with van der Waals surface area (Å²) in [5.74, 6) is 0.746. The Morgan fingerprint density at radius 2 is 2.05 bits per heavy atom. The molecule has 0 saturated heterocycles. The maximum atomic E-state index is 12.8. The van der Waals surface area contributed by atoms with Crippen LogP contribution in [0.1, 0.15) is 21.7 Å². The fraction of sp³-hybridized carbons (Fsp3) is 0.333. The Morgan fingerprint density at radius 1 is 1.30 bits per heavy atom. The number of ether oxygens (including phenoxy) is 1. The predicted molar refractivity (Wildman–Crippen MR) is 76.3 cm³/mol. The van der Waals surface area contributed by atoms with Crippen LogP contribution in [0.3, 0.4) is 0 Å². The van der Waals surface area contributed by atoms with Crippen molar-refractivity contribution in [2.45, 2.75) is 13.8 Å². The molecule has 2 heterocycles. The maximum Gasteiger partial charge on any atom is 0.262 e. The molecule has 1 aliphatic heterocycles. The molecule has 0 aliphatic carbocycles. The minimum Gasteiger partial charge on any atom is -0.490 e. The van der Waals surface area contributed by atoms with E-state index in [1.54, 1.807) is 9.58 Å². The largest absolute Gasteiger partial charge is 0.490 e. The van der Waals surface area contributed by atoms with Crippen molar-refractivity contribution >= 4 is 11.6 Å². The van der Waals surface area contributed by atoms with E-state index >= 15 is 0 Å². The Kier molecular flexibility index (Phi) is 2.97. The standard InChI is InChI=1S/C15H17N3O2/c1-10-14(11(2)17(3)16-10)15(19)18-8-9-20-13-7-5-4-6-12(13)18/h4-7H,8-9H2,1-3H3. The van der Waals surface area contributed by atoms with Gasteiger partial charge in [-0.3, -0.25) is 9.48 Å². The number of hydrogen-bond donors (Lipinski definition) is 0. The smallest absolute Gasteiger partial charge is 0.262 e. The van der Waals surface area contributed by atoms with E-state index in [1.807, 2.05) is 45.2 Å². The van der Waals surface area contributed by atoms with Gasteiger partial charge in [-0.1, -0.05) is 12.1 Å². The lowest BCUT2D eigenvalue weighted by atomic mass is 10.1. The van der Waals surface area contributed by atoms with Crippen molar-refractivity contribution in [2.75, 3.05) is 18.1 Å². The summed E-state index contributed by atoms with van der Waals surface area (Å²) < 4.78 is 7.34. The zero-order valence-electron chi connectivity index (χ0n) is 11.9. The van der Waals surface area contributed by atoms with Crippen LogP contribution in [0.4, 0.5) is 5.69 Å². The van der Waals surface area contributed by atoms with E-state index in [0.717, 1.165) is 22.8 Å². The van der Waals surface area contributed by atoms with Crippen molar-refractivity contribution < 1.29 is 9.53 Å². The summed E-state index contributed by atoms with van der Waals surface area (Å²) in [6, 6.07) is 7.62. The molecule has 1 amide bonds. The first-order chi connectivity index (χ1) is 9.59. The molecule has 3 rings (SSSR count). The highest BCUT2D eigenvalue weighted by Gasteiger charge is 2.28. The molecular formula is C15H17N3O2. The van der Waals surface area contributed by atoms with Crippen LogP contribution in [0.25, 0.3) is 0 Å². The average molecular weight is 271 g/mol. The van der Waals surface area contributed by atoms with Crippen molar-refractivity contribution in [1.29, 1.82) is 0 Å². The van der Waals surface area contributed by atoms with E-state index < -0.39 is 0 Å². The molecule has 2 aromatic rings. The van der Waals surface area contributed by atoms with Crippen LogP contribution in [0.5, 0.6) is 5.75 Å². The molecule has 1 aromatic heterocycles. The second kappa shape index (κ2) is 4.67. The Balaban J connectivity index is 2.04. The molecule has 0 spiro atoms. The summed E-state index contributed by atoms with van der Waals surface area (Å²) in [6.07, 6.45) is 0. The Labute approximate surface area is 117 Å². The molecule has 0 fully saturated rings. The Hall–Kier alpha value is -2.30. The quantitative estimate of drug-likeness (QED) is 0.797. The lowest BCUT2D eigenvalue weighted by molar-refractivity contribution is 0.0975. The summed E-state index contributed by atoms with van der Waals surface area (Å²) in [5.41, 5.74) is 3.16. The number of rotatable bonds is 1. The van der Waals surface area contributed by atoms with Crippen molar-refractivity contribution in [3.63, 3.8) is 0 Å². The number of aryl methyl sites for hydroxylation is 2. The first kappa shape index (κ1) is 12.7. The van der Waals surface area contributed by atoms with Gasteiger partial charge in [0.1, 0.15) is 12.4 Å². The number of aromatic nitrogens is 2. The second-order valence-corrected chi connectivity index (χ2v) is 4.94. The third kappa shape index (κ3) is 1.86. The molecule has 1 aliphatic rings. The molecule has 0 saturated carbocycles. The van der Waals surface area contributed by atoms with Gasteiger partial charge in [0.15, 0.2) is 0 Å². The van der Waals surface area contributed by atoms with Crippen molar-refractivity contribution in [1.82, 2.24) is 9.78 Å². The molecule has 0 bridgehead atoms. The van der Waals surface area contributed by atoms with Gasteiger partial charge in [0.2, 0.25) is 0 Å². The van der Waals surface area contributed by atoms with Gasteiger partial charge in [-0.15, -0.1) is 0 Å². The number of benzene rings is 1. The molecule has 5 heteroatoms. The fourth-order valence-corrected chi connectivity index (χ4v) is 2.60. The molecule has 0 radical (unpaired) electrons. The highest BCUT2D eigenvalue weighted by atomic mass is 16.5. The molecule has 104 valence electrons. The summed E-state index contributed by atoms with van der Waals surface area (Å²) in [7, 11) is 1.85. The third-order valence-electron chi connectivity index (χ3n) is 3.70. The number of carbonyl (C=O) groups excluding carboxylic acids is 1. The number of hydrogen-bond acceptors (Lipinski definition) is 3. The van der Waals surface area contributed by atoms with E-state index in [9.17, 15) is 4.79 Å². The second-order valence-electron chi connectivity index (χ2n) is 4.94. The van der Waals surface area contributed by atoms with E-state index in [4.69, 9.17) is 4.74 Å². The SMILES string of the molecule is Cc1nn(C)c(C)c1C(=O)N1CCOc2ccccc21. The minimum absolute atomic E-state index is 0.0103. The topological polar surface area (TPSA) is 47.4 Å². The zero-order chi connectivity index (χ0) is 14.3. The number of amides is 1. The predicted octanol–water partition coefficient (Wildman–Crippen LogP) is 2.08. The van der Waals surface area contributed by atoms with Gasteiger partial charge in [-0.2, -0.15) is 5.10 Å². The Bertz CT molecular complexity index is 676. The van der Waals surface area contributed by atoms with Gasteiger partial charge >= 0.3 is 0 Å². The van der Waals surface area contributed by atoms with E-state index in [2.05, 4.69) is 5.10 Å². The van der Waals surface area contributed by atoms with Crippen molar-refractivity contribution in [3.8, 4) is 5.75 Å². The van der Waals surface area contributed by atoms with E-state index in [1.165, 1.54) is 0 Å². The fourth-order valence-electron chi connectivity index (χ4n) is 2.60. The highest BCUT2D eigenvalue weighted by Crippen LogP contribution is 2.32. The molecule has 5 nitrogen and oxygen atoms in total. The van der Waals surface area contributed by atoms with Gasteiger partial charge in [0, 0.05) is 12.7 Å². The molecule has 0 N–H and O–H groups in total. The van der Waals surface area contributed by atoms with Gasteiger partial charge in [0.25, 0.3) is 5.91 Å². The van der Waals surface area contributed by atoms with Crippen LogP contribution in [-0.4, -0.2) is 28.8 Å². The van der Waals surface area contributed by atoms with E-state index in [0.29, 0.717) is 18.7 Å². The van der Waals surface area contributed by atoms with Crippen LogP contribution in [0.2, 0.25) is 0 Å². The normalized spacial score (nSPS) is 13.8. The van der Waals surface area contributed by atoms with Gasteiger partial charge in [0.05, 0.1) is 23.5 Å². The molecule has 0 unspecified atom stereocenters. The van der Waals surface area contributed by atoms with E-state index in [-0.39, 0.29) is 5.91 Å². The molecule has 1 aromatic carbocycles. The first-order valence-electron chi connectivity index (χ1n) is 6.63. The summed E-state index contributed by atoms with van der Waals surface area (Å²) in [4.78, 5) is 14.6. The van der Waals surface area contributed by atoms with Crippen molar-refractivity contribution in [2.24, 2.45) is 7.05 Å². The zero-order valence-corrected chi connectivity index (χ0v) is 11.9. The molecule has 20 heavy (non-hydrogen) atoms. The Morgan fingerprint density at radius 3 is 2.75 bits per heavy atom. The van der Waals surface area contributed by atoms with Gasteiger partial charge < -0.3 is 9.64 Å². The van der Waals surface area contributed by atoms with Gasteiger partial charge in [-0.05, 0) is 26.0 Å². The number of nitrogens with zero attached hydrogens (tertiary/aromatic N) is 3. The highest BCUT2D eigenvalue weighted by molar-refractivity contribution is 6.08. The first-order valence-corrected chi connectivity index (χ1v) is 6.63. The number of para-hydroxylation sites is 2. The number of fused-ring (bicyclic) bond motifs is 1. The number of anilines is 1.